The van der Waals surface area contributed by atoms with Crippen LogP contribution in [-0.2, 0) is 9.47 Å². The van der Waals surface area contributed by atoms with Gasteiger partial charge in [0.25, 0.3) is 0 Å². The van der Waals surface area contributed by atoms with Crippen LogP contribution in [0.4, 0.5) is 0 Å². The molecule has 0 bridgehead atoms. The Morgan fingerprint density at radius 3 is 2.05 bits per heavy atom. The zero-order valence-corrected chi connectivity index (χ0v) is 13.0. The van der Waals surface area contributed by atoms with E-state index >= 15 is 0 Å². The first kappa shape index (κ1) is 19.0. The van der Waals surface area contributed by atoms with Crippen LogP contribution >= 0.6 is 0 Å². The fraction of sp³-hybridized carbons (Fsp3) is 0.778. The van der Waals surface area contributed by atoms with E-state index in [1.54, 1.807) is 0 Å². The Labute approximate surface area is 125 Å². The van der Waals surface area contributed by atoms with E-state index in [0.717, 1.165) is 6.42 Å². The van der Waals surface area contributed by atoms with Gasteiger partial charge in [-0.2, -0.15) is 0 Å². The van der Waals surface area contributed by atoms with Crippen LogP contribution in [0.3, 0.4) is 0 Å². The molecule has 0 aromatic rings. The highest BCUT2D eigenvalue weighted by Crippen LogP contribution is 2.12. The van der Waals surface area contributed by atoms with E-state index in [4.69, 9.17) is 22.3 Å². The molecule has 0 fully saturated rings. The van der Waals surface area contributed by atoms with Crippen molar-refractivity contribution in [3.63, 3.8) is 0 Å². The summed E-state index contributed by atoms with van der Waals surface area (Å²) in [6, 6.07) is 0. The highest BCUT2D eigenvalue weighted by molar-refractivity contribution is 4.84. The summed E-state index contributed by atoms with van der Waals surface area (Å²) in [6.45, 7) is 3.48. The first-order valence-electron chi connectivity index (χ1n) is 7.91. The van der Waals surface area contributed by atoms with Gasteiger partial charge < -0.3 is 9.47 Å². The third kappa shape index (κ3) is 13.5. The smallest absolute Gasteiger partial charge is 0.107 e. The fourth-order valence-electron chi connectivity index (χ4n) is 2.14. The molecule has 0 saturated heterocycles. The predicted octanol–water partition coefficient (Wildman–Crippen LogP) is 4.19. The summed E-state index contributed by atoms with van der Waals surface area (Å²) in [5.74, 6) is 4.96. The van der Waals surface area contributed by atoms with Crippen LogP contribution in [0.15, 0.2) is 0 Å². The van der Waals surface area contributed by atoms with Crippen molar-refractivity contribution in [3.8, 4) is 24.7 Å². The van der Waals surface area contributed by atoms with Crippen molar-refractivity contribution < 1.29 is 9.47 Å². The SMILES string of the molecule is C#CCOCC(CCCCCCCCCC)OCC#C. The molecule has 0 aromatic heterocycles. The second kappa shape index (κ2) is 16.1. The normalized spacial score (nSPS) is 11.8. The summed E-state index contributed by atoms with van der Waals surface area (Å²) in [5.41, 5.74) is 0. The number of hydrogen-bond donors (Lipinski definition) is 0. The number of ether oxygens (including phenoxy) is 2. The molecule has 0 aliphatic heterocycles. The van der Waals surface area contributed by atoms with Gasteiger partial charge in [0, 0.05) is 0 Å². The number of unbranched alkanes of at least 4 members (excludes halogenated alkanes) is 7. The van der Waals surface area contributed by atoms with Gasteiger partial charge in [-0.1, -0.05) is 70.1 Å². The van der Waals surface area contributed by atoms with E-state index in [2.05, 4.69) is 18.8 Å². The maximum Gasteiger partial charge on any atom is 0.107 e. The zero-order valence-electron chi connectivity index (χ0n) is 13.0. The van der Waals surface area contributed by atoms with E-state index in [-0.39, 0.29) is 6.10 Å². The standard InChI is InChI=1S/C18H30O2/c1-4-7-8-9-10-11-12-13-14-18(20-16-6-3)17-19-15-5-2/h2-3,18H,4,7-17H2,1H3. The summed E-state index contributed by atoms with van der Waals surface area (Å²) >= 11 is 0. The Morgan fingerprint density at radius 1 is 0.850 bits per heavy atom. The van der Waals surface area contributed by atoms with Gasteiger partial charge >= 0.3 is 0 Å². The maximum absolute atomic E-state index is 5.57. The molecule has 0 radical (unpaired) electrons. The molecule has 0 spiro atoms. The Bertz CT molecular complexity index is 272. The van der Waals surface area contributed by atoms with Crippen molar-refractivity contribution in [2.75, 3.05) is 19.8 Å². The monoisotopic (exact) mass is 278 g/mol. The predicted molar refractivity (Wildman–Crippen MR) is 85.5 cm³/mol. The van der Waals surface area contributed by atoms with E-state index in [1.807, 2.05) is 0 Å². The molecule has 0 heterocycles. The summed E-state index contributed by atoms with van der Waals surface area (Å²) < 4.78 is 10.9. The number of rotatable bonds is 14. The molecule has 0 aliphatic carbocycles. The Hall–Kier alpha value is -0.960. The van der Waals surface area contributed by atoms with Gasteiger partial charge in [0.05, 0.1) is 12.7 Å². The average molecular weight is 278 g/mol. The maximum atomic E-state index is 5.57. The van der Waals surface area contributed by atoms with Crippen molar-refractivity contribution in [3.05, 3.63) is 0 Å². The summed E-state index contributed by atoms with van der Waals surface area (Å²) in [7, 11) is 0. The third-order valence-corrected chi connectivity index (χ3v) is 3.27. The van der Waals surface area contributed by atoms with Gasteiger partial charge in [0.2, 0.25) is 0 Å². The molecular formula is C18H30O2. The minimum Gasteiger partial charge on any atom is -0.366 e. The Morgan fingerprint density at radius 2 is 1.45 bits per heavy atom. The van der Waals surface area contributed by atoms with Gasteiger partial charge in [-0.15, -0.1) is 12.8 Å². The molecule has 0 aromatic carbocycles. The van der Waals surface area contributed by atoms with E-state index < -0.39 is 0 Å². The largest absolute Gasteiger partial charge is 0.366 e. The zero-order chi connectivity index (χ0) is 14.9. The molecular weight excluding hydrogens is 248 g/mol. The van der Waals surface area contributed by atoms with Crippen molar-refractivity contribution >= 4 is 0 Å². The highest BCUT2D eigenvalue weighted by atomic mass is 16.5. The van der Waals surface area contributed by atoms with Gasteiger partial charge in [-0.3, -0.25) is 0 Å². The number of terminal acetylenes is 2. The molecule has 0 amide bonds. The molecule has 1 unspecified atom stereocenters. The molecule has 0 rings (SSSR count). The second-order valence-corrected chi connectivity index (χ2v) is 5.12. The Balaban J connectivity index is 3.52. The van der Waals surface area contributed by atoms with Crippen molar-refractivity contribution in [1.29, 1.82) is 0 Å². The second-order valence-electron chi connectivity index (χ2n) is 5.12. The molecule has 0 aliphatic rings. The van der Waals surface area contributed by atoms with Crippen LogP contribution in [0.5, 0.6) is 0 Å². The van der Waals surface area contributed by atoms with Gasteiger partial charge in [0.15, 0.2) is 0 Å². The fourth-order valence-corrected chi connectivity index (χ4v) is 2.14. The van der Waals surface area contributed by atoms with Crippen LogP contribution in [0.1, 0.15) is 64.7 Å². The summed E-state index contributed by atoms with van der Waals surface area (Å²) in [4.78, 5) is 0. The van der Waals surface area contributed by atoms with Gasteiger partial charge in [0.1, 0.15) is 13.2 Å². The molecule has 0 N–H and O–H groups in total. The molecule has 2 nitrogen and oxygen atoms in total. The van der Waals surface area contributed by atoms with Gasteiger partial charge in [-0.25, -0.2) is 0 Å². The molecule has 1 atom stereocenters. The average Bonchev–Trinajstić information content (AvgIpc) is 2.47. The van der Waals surface area contributed by atoms with E-state index in [9.17, 15) is 0 Å². The highest BCUT2D eigenvalue weighted by Gasteiger charge is 2.08. The van der Waals surface area contributed by atoms with Crippen molar-refractivity contribution in [2.24, 2.45) is 0 Å². The minimum atomic E-state index is 0.0829. The summed E-state index contributed by atoms with van der Waals surface area (Å²) in [5, 5.41) is 0. The molecule has 0 saturated carbocycles. The molecule has 2 heteroatoms. The minimum absolute atomic E-state index is 0.0829. The first-order chi connectivity index (χ1) is 9.85. The van der Waals surface area contributed by atoms with Crippen LogP contribution in [0.25, 0.3) is 0 Å². The molecule has 114 valence electrons. The van der Waals surface area contributed by atoms with Crippen LogP contribution in [0, 0.1) is 24.7 Å². The number of hydrogen-bond acceptors (Lipinski definition) is 2. The lowest BCUT2D eigenvalue weighted by atomic mass is 10.1. The van der Waals surface area contributed by atoms with E-state index in [0.29, 0.717) is 19.8 Å². The van der Waals surface area contributed by atoms with E-state index in [1.165, 1.54) is 51.4 Å². The summed E-state index contributed by atoms with van der Waals surface area (Å²) in [6.07, 6.45) is 22.0. The van der Waals surface area contributed by atoms with Crippen molar-refractivity contribution in [1.82, 2.24) is 0 Å². The third-order valence-electron chi connectivity index (χ3n) is 3.27. The lowest BCUT2D eigenvalue weighted by Gasteiger charge is -2.16. The lowest BCUT2D eigenvalue weighted by Crippen LogP contribution is -2.20. The quantitative estimate of drug-likeness (QED) is 0.350. The van der Waals surface area contributed by atoms with Gasteiger partial charge in [-0.05, 0) is 6.42 Å². The van der Waals surface area contributed by atoms with Crippen molar-refractivity contribution in [2.45, 2.75) is 70.8 Å². The lowest BCUT2D eigenvalue weighted by molar-refractivity contribution is -0.000317. The van der Waals surface area contributed by atoms with Crippen LogP contribution in [-0.4, -0.2) is 25.9 Å². The van der Waals surface area contributed by atoms with Crippen LogP contribution in [0.2, 0.25) is 0 Å². The Kier molecular flexibility index (Phi) is 15.3. The topological polar surface area (TPSA) is 18.5 Å². The first-order valence-corrected chi connectivity index (χ1v) is 7.91. The molecule has 20 heavy (non-hydrogen) atoms. The van der Waals surface area contributed by atoms with Crippen LogP contribution < -0.4 is 0 Å².